The maximum absolute atomic E-state index is 9.52. The lowest BCUT2D eigenvalue weighted by Gasteiger charge is -2.33. The molecule has 0 saturated carbocycles. The third-order valence-electron chi connectivity index (χ3n) is 5.51. The van der Waals surface area contributed by atoms with Crippen LogP contribution in [0.4, 0.5) is 0 Å². The highest BCUT2D eigenvalue weighted by molar-refractivity contribution is 5.88. The van der Waals surface area contributed by atoms with Crippen LogP contribution in [0.15, 0.2) is 48.7 Å². The molecular weight excluding hydrogens is 308 g/mol. The molecule has 2 aliphatic heterocycles. The van der Waals surface area contributed by atoms with Crippen molar-refractivity contribution in [2.24, 2.45) is 0 Å². The molecule has 3 nitrogen and oxygen atoms in total. The molecule has 1 aromatic carbocycles. The first-order valence-electron chi connectivity index (χ1n) is 9.29. The molecule has 0 radical (unpaired) electrons. The Labute approximate surface area is 149 Å². The van der Waals surface area contributed by atoms with Crippen LogP contribution < -0.4 is 0 Å². The first kappa shape index (κ1) is 16.4. The Balaban J connectivity index is 1.78. The van der Waals surface area contributed by atoms with Crippen LogP contribution in [0.5, 0.6) is 0 Å². The Bertz CT molecular complexity index is 823. The third-order valence-corrected chi connectivity index (χ3v) is 5.51. The largest absolute Gasteiger partial charge is 0.392 e. The molecule has 1 aromatic rings. The molecule has 25 heavy (non-hydrogen) atoms. The Morgan fingerprint density at radius 3 is 2.92 bits per heavy atom. The lowest BCUT2D eigenvalue weighted by molar-refractivity contribution is 0.153. The quantitative estimate of drug-likeness (QED) is 0.729. The van der Waals surface area contributed by atoms with E-state index >= 15 is 0 Å². The highest BCUT2D eigenvalue weighted by atomic mass is 16.3. The zero-order valence-corrected chi connectivity index (χ0v) is 14.8. The Morgan fingerprint density at radius 2 is 2.08 bits per heavy atom. The zero-order chi connectivity index (χ0) is 17.2. The summed E-state index contributed by atoms with van der Waals surface area (Å²) in [6, 6.07) is 15.5. The minimum atomic E-state index is 0.0805. The van der Waals surface area contributed by atoms with Gasteiger partial charge in [0.1, 0.15) is 0 Å². The second kappa shape index (κ2) is 7.03. The maximum atomic E-state index is 9.52. The molecule has 2 N–H and O–H groups in total. The second-order valence-corrected chi connectivity index (χ2v) is 7.22. The number of H-pyrrole nitrogens is 1. The predicted octanol–water partition coefficient (Wildman–Crippen LogP) is 4.65. The Hall–Kier alpha value is -2.10. The fourth-order valence-electron chi connectivity index (χ4n) is 4.11. The number of nitrogens with one attached hydrogen (secondary N) is 1. The topological polar surface area (TPSA) is 39.3 Å². The fraction of sp³-hybridized carbons (Fsp3) is 0.364. The minimum Gasteiger partial charge on any atom is -0.392 e. The van der Waals surface area contributed by atoms with E-state index in [9.17, 15) is 5.11 Å². The molecule has 1 unspecified atom stereocenters. The summed E-state index contributed by atoms with van der Waals surface area (Å²) in [7, 11) is 0. The number of aliphatic hydroxyl groups is 1. The van der Waals surface area contributed by atoms with E-state index in [0.717, 1.165) is 12.1 Å². The summed E-state index contributed by atoms with van der Waals surface area (Å²) in [5.41, 5.74) is 7.29. The molecule has 0 amide bonds. The van der Waals surface area contributed by atoms with E-state index in [4.69, 9.17) is 0 Å². The van der Waals surface area contributed by atoms with Crippen LogP contribution in [0.3, 0.4) is 0 Å². The first-order chi connectivity index (χ1) is 12.3. The number of hydrogen-bond donors (Lipinski definition) is 2. The Kier molecular flexibility index (Phi) is 4.60. The molecule has 2 heterocycles. The van der Waals surface area contributed by atoms with Crippen molar-refractivity contribution in [1.82, 2.24) is 9.88 Å². The van der Waals surface area contributed by atoms with Crippen LogP contribution in [0, 0.1) is 0 Å². The number of aliphatic hydroxyl groups excluding tert-OH is 1. The molecule has 1 saturated heterocycles. The van der Waals surface area contributed by atoms with Crippen LogP contribution >= 0.6 is 0 Å². The summed E-state index contributed by atoms with van der Waals surface area (Å²) >= 11 is 0. The van der Waals surface area contributed by atoms with Gasteiger partial charge in [0.2, 0.25) is 0 Å². The van der Waals surface area contributed by atoms with Crippen LogP contribution in [0.1, 0.15) is 37.3 Å². The van der Waals surface area contributed by atoms with Gasteiger partial charge in [-0.25, -0.2) is 0 Å². The highest BCUT2D eigenvalue weighted by Gasteiger charge is 2.23. The fourth-order valence-corrected chi connectivity index (χ4v) is 4.11. The zero-order valence-electron chi connectivity index (χ0n) is 14.8. The highest BCUT2D eigenvalue weighted by Crippen LogP contribution is 2.39. The molecule has 3 aliphatic rings. The predicted molar refractivity (Wildman–Crippen MR) is 102 cm³/mol. The summed E-state index contributed by atoms with van der Waals surface area (Å²) in [5, 5.41) is 9.52. The number of nitrogens with zero attached hydrogens (tertiary/aromatic N) is 1. The molecule has 0 spiro atoms. The standard InChI is InChI=1S/C22H26N2O/c1-16-6-2-3-11-24(16)14-19-13-21-20(9-5-10-23-21)22(19)18-8-4-7-17(12-18)15-25/h4-5,7-10,12-13,16,23,25H,2-3,6,11,14-15H2,1H3. The van der Waals surface area contributed by atoms with E-state index < -0.39 is 0 Å². The van der Waals surface area contributed by atoms with Gasteiger partial charge >= 0.3 is 0 Å². The Morgan fingerprint density at radius 1 is 1.16 bits per heavy atom. The van der Waals surface area contributed by atoms with Crippen LogP contribution in [-0.4, -0.2) is 27.6 Å². The van der Waals surface area contributed by atoms with E-state index in [1.54, 1.807) is 0 Å². The minimum absolute atomic E-state index is 0.0805. The van der Waals surface area contributed by atoms with Crippen molar-refractivity contribution in [2.45, 2.75) is 45.4 Å². The van der Waals surface area contributed by atoms with Gasteiger partial charge in [-0.2, -0.15) is 0 Å². The number of rotatable bonds is 4. The van der Waals surface area contributed by atoms with E-state index in [1.165, 1.54) is 53.8 Å². The summed E-state index contributed by atoms with van der Waals surface area (Å²) < 4.78 is 0. The average Bonchev–Trinajstić information content (AvgIpc) is 3.01. The van der Waals surface area contributed by atoms with Gasteiger partial charge < -0.3 is 10.1 Å². The maximum Gasteiger partial charge on any atom is 0.0682 e. The molecule has 0 aromatic heterocycles. The lowest BCUT2D eigenvalue weighted by Crippen LogP contribution is -2.36. The first-order valence-corrected chi connectivity index (χ1v) is 9.29. The van der Waals surface area contributed by atoms with Gasteiger partial charge in [0, 0.05) is 30.0 Å². The van der Waals surface area contributed by atoms with Crippen molar-refractivity contribution in [3.8, 4) is 22.4 Å². The third kappa shape index (κ3) is 3.22. The molecule has 0 bridgehead atoms. The number of aromatic amines is 1. The van der Waals surface area contributed by atoms with Crippen molar-refractivity contribution in [3.05, 3.63) is 59.8 Å². The van der Waals surface area contributed by atoms with E-state index in [1.807, 2.05) is 18.3 Å². The van der Waals surface area contributed by atoms with Gasteiger partial charge in [-0.05, 0) is 66.8 Å². The molecule has 1 fully saturated rings. The van der Waals surface area contributed by atoms with Crippen molar-refractivity contribution in [3.63, 3.8) is 0 Å². The van der Waals surface area contributed by atoms with Gasteiger partial charge in [-0.3, -0.25) is 4.90 Å². The van der Waals surface area contributed by atoms with Crippen molar-refractivity contribution in [1.29, 1.82) is 0 Å². The number of pyridine rings is 1. The average molecular weight is 334 g/mol. The second-order valence-electron chi connectivity index (χ2n) is 7.22. The normalized spacial score (nSPS) is 18.7. The lowest BCUT2D eigenvalue weighted by atomic mass is 9.97. The molecule has 4 rings (SSSR count). The van der Waals surface area contributed by atoms with Gasteiger partial charge in [0.05, 0.1) is 6.61 Å². The summed E-state index contributed by atoms with van der Waals surface area (Å²) in [5.74, 6) is 0. The molecule has 1 aliphatic carbocycles. The monoisotopic (exact) mass is 334 g/mol. The number of fused-ring (bicyclic) bond motifs is 1. The summed E-state index contributed by atoms with van der Waals surface area (Å²) in [6.45, 7) is 4.60. The van der Waals surface area contributed by atoms with Crippen molar-refractivity contribution in [2.75, 3.05) is 6.54 Å². The van der Waals surface area contributed by atoms with Crippen molar-refractivity contribution >= 4 is 0 Å². The van der Waals surface area contributed by atoms with Gasteiger partial charge in [-0.1, -0.05) is 30.7 Å². The molecule has 130 valence electrons. The van der Waals surface area contributed by atoms with E-state index in [0.29, 0.717) is 6.04 Å². The molecular formula is C22H26N2O. The number of benzene rings is 1. The number of aromatic nitrogens is 1. The van der Waals surface area contributed by atoms with Crippen LogP contribution in [-0.2, 0) is 13.2 Å². The SMILES string of the molecule is CC1CCCCN1Cc1cc2[nH]cccc-2c1-c1cccc(CO)c1. The van der Waals surface area contributed by atoms with Crippen LogP contribution in [0.25, 0.3) is 22.4 Å². The van der Waals surface area contributed by atoms with Gasteiger partial charge in [0.15, 0.2) is 0 Å². The molecule has 3 heteroatoms. The van der Waals surface area contributed by atoms with Crippen LogP contribution in [0.2, 0.25) is 0 Å². The summed E-state index contributed by atoms with van der Waals surface area (Å²) in [6.07, 6.45) is 5.93. The van der Waals surface area contributed by atoms with Crippen molar-refractivity contribution < 1.29 is 5.11 Å². The van der Waals surface area contributed by atoms with Gasteiger partial charge in [-0.15, -0.1) is 0 Å². The summed E-state index contributed by atoms with van der Waals surface area (Å²) in [4.78, 5) is 6.00. The number of likely N-dealkylation sites (tertiary alicyclic amines) is 1. The molecule has 1 atom stereocenters. The van der Waals surface area contributed by atoms with Gasteiger partial charge in [0.25, 0.3) is 0 Å². The number of piperidine rings is 1. The smallest absolute Gasteiger partial charge is 0.0682 e. The number of hydrogen-bond acceptors (Lipinski definition) is 2. The van der Waals surface area contributed by atoms with E-state index in [-0.39, 0.29) is 6.61 Å². The van der Waals surface area contributed by atoms with E-state index in [2.05, 4.69) is 47.1 Å².